The van der Waals surface area contributed by atoms with Crippen LogP contribution in [0.25, 0.3) is 6.08 Å². The first kappa shape index (κ1) is 33.9. The number of ether oxygens (including phenoxy) is 3. The normalized spacial score (nSPS) is 11.4. The van der Waals surface area contributed by atoms with E-state index < -0.39 is 29.4 Å². The average molecular weight is 602 g/mol. The van der Waals surface area contributed by atoms with E-state index in [2.05, 4.69) is 25.9 Å². The number of anilines is 1. The summed E-state index contributed by atoms with van der Waals surface area (Å²) in [5, 5.41) is 8.02. The summed E-state index contributed by atoms with van der Waals surface area (Å²) in [5.41, 5.74) is 0.636. The molecule has 0 bridgehead atoms. The van der Waals surface area contributed by atoms with Crippen LogP contribution in [-0.2, 0) is 36.6 Å². The Hall–Kier alpha value is -4.26. The zero-order valence-electron chi connectivity index (χ0n) is 25.2. The fraction of sp³-hybridized carbons (Fsp3) is 0.448. The summed E-state index contributed by atoms with van der Waals surface area (Å²) in [5.74, 6) is -0.859. The van der Waals surface area contributed by atoms with Gasteiger partial charge in [0.25, 0.3) is 0 Å². The lowest BCUT2D eigenvalue weighted by Crippen LogP contribution is -2.47. The summed E-state index contributed by atoms with van der Waals surface area (Å²) in [6, 6.07) is 7.17. The molecule has 1 aromatic heterocycles. The molecule has 0 spiro atoms. The van der Waals surface area contributed by atoms with Gasteiger partial charge < -0.3 is 19.5 Å². The number of thiazole rings is 1. The first-order valence-corrected chi connectivity index (χ1v) is 14.1. The molecule has 13 heteroatoms. The van der Waals surface area contributed by atoms with Gasteiger partial charge in [0, 0.05) is 13.0 Å². The molecule has 3 amide bonds. The Balaban J connectivity index is 2.20. The van der Waals surface area contributed by atoms with E-state index in [0.29, 0.717) is 23.7 Å². The molecule has 2 aromatic rings. The molecule has 42 heavy (non-hydrogen) atoms. The van der Waals surface area contributed by atoms with E-state index in [4.69, 9.17) is 14.2 Å². The fourth-order valence-corrected chi connectivity index (χ4v) is 4.19. The van der Waals surface area contributed by atoms with Gasteiger partial charge in [-0.25, -0.2) is 24.4 Å². The Morgan fingerprint density at radius 1 is 0.929 bits per heavy atom. The molecule has 0 saturated carbocycles. The predicted molar refractivity (Wildman–Crippen MR) is 162 cm³/mol. The van der Waals surface area contributed by atoms with E-state index in [1.807, 2.05) is 12.1 Å². The molecular weight excluding hydrogens is 562 g/mol. The van der Waals surface area contributed by atoms with Crippen molar-refractivity contribution in [3.8, 4) is 0 Å². The molecule has 0 fully saturated rings. The summed E-state index contributed by atoms with van der Waals surface area (Å²) in [4.78, 5) is 57.6. The van der Waals surface area contributed by atoms with Gasteiger partial charge in [0.15, 0.2) is 5.13 Å². The number of nitrogens with one attached hydrogen (secondary N) is 3. The van der Waals surface area contributed by atoms with Crippen LogP contribution in [0.15, 0.2) is 35.3 Å². The summed E-state index contributed by atoms with van der Waals surface area (Å²) in [6.07, 6.45) is 2.52. The van der Waals surface area contributed by atoms with Crippen LogP contribution in [0.5, 0.6) is 0 Å². The number of amides is 3. The molecule has 1 heterocycles. The molecule has 0 atom stereocenters. The third-order valence-corrected chi connectivity index (χ3v) is 5.71. The topological polar surface area (TPSA) is 157 Å². The number of aliphatic imine (C=N–C) groups is 1. The SMILES string of the molecule is CCOC(=O)C=Cc1sc(NC(C)=O)nc1CCc1ccc(N=C(NC(=O)OC(C)(C)C)NC(=O)OC(C)(C)C)cc1. The van der Waals surface area contributed by atoms with Gasteiger partial charge in [-0.3, -0.25) is 15.4 Å². The van der Waals surface area contributed by atoms with E-state index in [0.717, 1.165) is 16.1 Å². The van der Waals surface area contributed by atoms with Crippen LogP contribution in [0.1, 0.15) is 71.5 Å². The highest BCUT2D eigenvalue weighted by molar-refractivity contribution is 7.16. The Morgan fingerprint density at radius 3 is 2.00 bits per heavy atom. The van der Waals surface area contributed by atoms with Crippen LogP contribution in [0.3, 0.4) is 0 Å². The Bertz CT molecular complexity index is 1290. The smallest absolute Gasteiger partial charge is 0.414 e. The van der Waals surface area contributed by atoms with Crippen molar-refractivity contribution >= 4 is 58.3 Å². The number of hydrogen-bond acceptors (Lipinski definition) is 10. The molecule has 0 aliphatic heterocycles. The molecule has 2 rings (SSSR count). The highest BCUT2D eigenvalue weighted by Crippen LogP contribution is 2.26. The lowest BCUT2D eigenvalue weighted by molar-refractivity contribution is -0.137. The Kier molecular flexibility index (Phi) is 12.2. The third kappa shape index (κ3) is 13.4. The number of benzene rings is 1. The molecule has 0 aliphatic carbocycles. The average Bonchev–Trinajstić information content (AvgIpc) is 3.20. The zero-order valence-corrected chi connectivity index (χ0v) is 26.1. The van der Waals surface area contributed by atoms with Crippen LogP contribution >= 0.6 is 11.3 Å². The van der Waals surface area contributed by atoms with Gasteiger partial charge in [-0.15, -0.1) is 0 Å². The highest BCUT2D eigenvalue weighted by atomic mass is 32.1. The largest absolute Gasteiger partial charge is 0.463 e. The van der Waals surface area contributed by atoms with Gasteiger partial charge in [-0.2, -0.15) is 0 Å². The van der Waals surface area contributed by atoms with Gasteiger partial charge in [-0.05, 0) is 85.1 Å². The number of carbonyl (C=O) groups excluding carboxylic acids is 4. The first-order chi connectivity index (χ1) is 19.5. The van der Waals surface area contributed by atoms with Gasteiger partial charge in [0.05, 0.1) is 22.9 Å². The summed E-state index contributed by atoms with van der Waals surface area (Å²) in [7, 11) is 0. The first-order valence-electron chi connectivity index (χ1n) is 13.3. The lowest BCUT2D eigenvalue weighted by Gasteiger charge is -2.22. The van der Waals surface area contributed by atoms with Crippen molar-refractivity contribution in [2.45, 2.75) is 79.4 Å². The number of nitrogens with zero attached hydrogens (tertiary/aromatic N) is 2. The highest BCUT2D eigenvalue weighted by Gasteiger charge is 2.21. The van der Waals surface area contributed by atoms with Crippen molar-refractivity contribution in [2.24, 2.45) is 4.99 Å². The second kappa shape index (κ2) is 15.1. The Labute approximate surface area is 249 Å². The van der Waals surface area contributed by atoms with Crippen molar-refractivity contribution < 1.29 is 33.4 Å². The zero-order chi connectivity index (χ0) is 31.5. The number of aryl methyl sites for hydroxylation is 2. The second-order valence-corrected chi connectivity index (χ2v) is 12.0. The van der Waals surface area contributed by atoms with E-state index >= 15 is 0 Å². The molecule has 3 N–H and O–H groups in total. The van der Waals surface area contributed by atoms with Gasteiger partial charge >= 0.3 is 18.2 Å². The van der Waals surface area contributed by atoms with Gasteiger partial charge in [-0.1, -0.05) is 23.5 Å². The molecule has 0 saturated heterocycles. The van der Waals surface area contributed by atoms with Crippen molar-refractivity contribution in [1.82, 2.24) is 15.6 Å². The number of hydrogen-bond donors (Lipinski definition) is 3. The third-order valence-electron chi connectivity index (χ3n) is 4.73. The maximum absolute atomic E-state index is 12.3. The molecule has 0 radical (unpaired) electrons. The monoisotopic (exact) mass is 601 g/mol. The second-order valence-electron chi connectivity index (χ2n) is 11.0. The molecule has 228 valence electrons. The van der Waals surface area contributed by atoms with Crippen molar-refractivity contribution in [2.75, 3.05) is 11.9 Å². The number of guanidine groups is 1. The number of carbonyl (C=O) groups is 4. The number of rotatable bonds is 8. The van der Waals surface area contributed by atoms with E-state index in [-0.39, 0.29) is 18.5 Å². The van der Waals surface area contributed by atoms with E-state index in [1.54, 1.807) is 66.7 Å². The summed E-state index contributed by atoms with van der Waals surface area (Å²) in [6.45, 7) is 13.7. The lowest BCUT2D eigenvalue weighted by atomic mass is 10.1. The summed E-state index contributed by atoms with van der Waals surface area (Å²) >= 11 is 1.26. The number of alkyl carbamates (subject to hydrolysis) is 2. The van der Waals surface area contributed by atoms with Gasteiger partial charge in [0.1, 0.15) is 11.2 Å². The van der Waals surface area contributed by atoms with Crippen molar-refractivity contribution in [3.63, 3.8) is 0 Å². The number of esters is 1. The molecule has 12 nitrogen and oxygen atoms in total. The van der Waals surface area contributed by atoms with E-state index in [1.165, 1.54) is 24.3 Å². The summed E-state index contributed by atoms with van der Waals surface area (Å²) < 4.78 is 15.5. The van der Waals surface area contributed by atoms with Gasteiger partial charge in [0.2, 0.25) is 11.9 Å². The fourth-order valence-electron chi connectivity index (χ4n) is 3.23. The maximum Gasteiger partial charge on any atom is 0.414 e. The molecule has 0 aliphatic rings. The minimum absolute atomic E-state index is 0.155. The van der Waals surface area contributed by atoms with Crippen LogP contribution < -0.4 is 16.0 Å². The quantitative estimate of drug-likeness (QED) is 0.118. The van der Waals surface area contributed by atoms with Crippen LogP contribution in [0, 0.1) is 0 Å². The Morgan fingerprint density at radius 2 is 1.50 bits per heavy atom. The molecule has 1 aromatic carbocycles. The van der Waals surface area contributed by atoms with E-state index in [9.17, 15) is 19.2 Å². The maximum atomic E-state index is 12.3. The van der Waals surface area contributed by atoms with Crippen molar-refractivity contribution in [1.29, 1.82) is 0 Å². The molecular formula is C29H39N5O7S. The minimum Gasteiger partial charge on any atom is -0.463 e. The minimum atomic E-state index is -0.788. The predicted octanol–water partition coefficient (Wildman–Crippen LogP) is 5.50. The van der Waals surface area contributed by atoms with Crippen LogP contribution in [0.2, 0.25) is 0 Å². The standard InChI is InChI=1S/C29H39N5O7S/c1-9-39-23(36)17-16-22-21(32-25(42-22)30-18(2)35)15-12-19-10-13-20(14-11-19)31-24(33-26(37)40-28(3,4)5)34-27(38)41-29(6,7)8/h10-11,13-14,16-17H,9,12,15H2,1-8H3,(H,30,32,35)(H2,31,33,34,37,38). The number of aromatic nitrogens is 1. The molecule has 0 unspecified atom stereocenters. The van der Waals surface area contributed by atoms with Crippen LogP contribution in [-0.4, -0.2) is 52.8 Å². The van der Waals surface area contributed by atoms with Crippen molar-refractivity contribution in [3.05, 3.63) is 46.5 Å². The van der Waals surface area contributed by atoms with Crippen LogP contribution in [0.4, 0.5) is 20.4 Å².